The van der Waals surface area contributed by atoms with Crippen LogP contribution in [0.25, 0.3) is 0 Å². The Hall–Kier alpha value is -3.97. The molecular weight excluding hydrogens is 470 g/mol. The molecule has 0 radical (unpaired) electrons. The molecule has 0 saturated heterocycles. The zero-order valence-electron chi connectivity index (χ0n) is 21.4. The molecule has 0 unspecified atom stereocenters. The number of hydrogen-bond donors (Lipinski definition) is 0. The Labute approximate surface area is 218 Å². The SMILES string of the molecule is COC(=O)CCCCN(CC(=O)c1ccccc1OCc1ccccc1)Cc1ccc(C(=O)OC)cc1. The van der Waals surface area contributed by atoms with Gasteiger partial charge in [-0.3, -0.25) is 14.5 Å². The van der Waals surface area contributed by atoms with E-state index < -0.39 is 5.97 Å². The molecule has 7 nitrogen and oxygen atoms in total. The van der Waals surface area contributed by atoms with Crippen molar-refractivity contribution in [2.75, 3.05) is 27.3 Å². The van der Waals surface area contributed by atoms with Crippen LogP contribution < -0.4 is 4.74 Å². The maximum Gasteiger partial charge on any atom is 0.337 e. The Morgan fingerprint density at radius 1 is 0.757 bits per heavy atom. The molecule has 3 rings (SSSR count). The first-order chi connectivity index (χ1) is 18.0. The third-order valence-electron chi connectivity index (χ3n) is 5.91. The van der Waals surface area contributed by atoms with Gasteiger partial charge in [-0.2, -0.15) is 0 Å². The second kappa shape index (κ2) is 14.6. The molecule has 0 atom stereocenters. The summed E-state index contributed by atoms with van der Waals surface area (Å²) in [7, 11) is 2.72. The van der Waals surface area contributed by atoms with E-state index in [2.05, 4.69) is 0 Å². The molecule has 0 fully saturated rings. The number of nitrogens with zero attached hydrogens (tertiary/aromatic N) is 1. The number of methoxy groups -OCH3 is 2. The summed E-state index contributed by atoms with van der Waals surface area (Å²) in [6.45, 7) is 1.69. The predicted octanol–water partition coefficient (Wildman–Crippen LogP) is 5.08. The molecule has 0 aliphatic rings. The van der Waals surface area contributed by atoms with Crippen LogP contribution in [0.5, 0.6) is 5.75 Å². The van der Waals surface area contributed by atoms with Crippen LogP contribution in [-0.4, -0.2) is 49.9 Å². The molecular formula is C30H33NO6. The average Bonchev–Trinajstić information content (AvgIpc) is 2.94. The Morgan fingerprint density at radius 2 is 1.46 bits per heavy atom. The second-order valence-corrected chi connectivity index (χ2v) is 8.63. The van der Waals surface area contributed by atoms with Gasteiger partial charge in [-0.05, 0) is 54.8 Å². The van der Waals surface area contributed by atoms with Crippen molar-refractivity contribution in [3.8, 4) is 5.75 Å². The third-order valence-corrected chi connectivity index (χ3v) is 5.91. The van der Waals surface area contributed by atoms with Crippen LogP contribution in [0, 0.1) is 0 Å². The monoisotopic (exact) mass is 503 g/mol. The second-order valence-electron chi connectivity index (χ2n) is 8.63. The lowest BCUT2D eigenvalue weighted by molar-refractivity contribution is -0.140. The fraction of sp³-hybridized carbons (Fsp3) is 0.300. The van der Waals surface area contributed by atoms with Crippen LogP contribution >= 0.6 is 0 Å². The molecule has 7 heteroatoms. The van der Waals surface area contributed by atoms with Crippen molar-refractivity contribution in [2.24, 2.45) is 0 Å². The maximum atomic E-state index is 13.4. The lowest BCUT2D eigenvalue weighted by atomic mass is 10.1. The lowest BCUT2D eigenvalue weighted by Gasteiger charge is -2.22. The van der Waals surface area contributed by atoms with Gasteiger partial charge in [0.25, 0.3) is 0 Å². The van der Waals surface area contributed by atoms with E-state index in [0.717, 1.165) is 17.5 Å². The van der Waals surface area contributed by atoms with Crippen molar-refractivity contribution in [1.29, 1.82) is 0 Å². The number of rotatable bonds is 14. The first-order valence-electron chi connectivity index (χ1n) is 12.3. The highest BCUT2D eigenvalue weighted by Gasteiger charge is 2.17. The minimum atomic E-state index is -0.395. The van der Waals surface area contributed by atoms with Gasteiger partial charge in [0, 0.05) is 13.0 Å². The number of ether oxygens (including phenoxy) is 3. The number of benzene rings is 3. The van der Waals surface area contributed by atoms with E-state index in [0.29, 0.717) is 49.4 Å². The van der Waals surface area contributed by atoms with Crippen molar-refractivity contribution in [2.45, 2.75) is 32.4 Å². The molecule has 3 aromatic rings. The molecule has 0 spiro atoms. The minimum absolute atomic E-state index is 0.0530. The molecule has 0 aliphatic carbocycles. The highest BCUT2D eigenvalue weighted by atomic mass is 16.5. The minimum Gasteiger partial charge on any atom is -0.488 e. The molecule has 0 saturated carbocycles. The topological polar surface area (TPSA) is 82.1 Å². The Bertz CT molecular complexity index is 1160. The van der Waals surface area contributed by atoms with E-state index >= 15 is 0 Å². The van der Waals surface area contributed by atoms with Gasteiger partial charge in [-0.1, -0.05) is 54.6 Å². The van der Waals surface area contributed by atoms with Crippen molar-refractivity contribution >= 4 is 17.7 Å². The van der Waals surface area contributed by atoms with Gasteiger partial charge in [0.1, 0.15) is 12.4 Å². The molecule has 0 aliphatic heterocycles. The number of ketones is 1. The summed E-state index contributed by atoms with van der Waals surface area (Å²) < 4.78 is 15.5. The zero-order chi connectivity index (χ0) is 26.5. The van der Waals surface area contributed by atoms with E-state index in [1.807, 2.05) is 65.6 Å². The number of carbonyl (C=O) groups excluding carboxylic acids is 3. The quantitative estimate of drug-likeness (QED) is 0.172. The number of hydrogen-bond acceptors (Lipinski definition) is 7. The van der Waals surface area contributed by atoms with Gasteiger partial charge < -0.3 is 14.2 Å². The predicted molar refractivity (Wildman–Crippen MR) is 140 cm³/mol. The van der Waals surface area contributed by atoms with Gasteiger partial charge in [0.05, 0.1) is 31.9 Å². The van der Waals surface area contributed by atoms with Gasteiger partial charge in [0.2, 0.25) is 0 Å². The van der Waals surface area contributed by atoms with E-state index in [1.165, 1.54) is 14.2 Å². The van der Waals surface area contributed by atoms with Gasteiger partial charge in [0.15, 0.2) is 5.78 Å². The van der Waals surface area contributed by atoms with Crippen molar-refractivity contribution < 1.29 is 28.6 Å². The highest BCUT2D eigenvalue weighted by Crippen LogP contribution is 2.21. The summed E-state index contributed by atoms with van der Waals surface area (Å²) in [6, 6.07) is 24.2. The molecule has 3 aromatic carbocycles. The van der Waals surface area contributed by atoms with Crippen molar-refractivity contribution in [1.82, 2.24) is 4.90 Å². The smallest absolute Gasteiger partial charge is 0.337 e. The molecule has 0 N–H and O–H groups in total. The summed E-state index contributed by atoms with van der Waals surface area (Å²) in [5, 5.41) is 0. The van der Waals surface area contributed by atoms with Gasteiger partial charge >= 0.3 is 11.9 Å². The summed E-state index contributed by atoms with van der Waals surface area (Å²) in [4.78, 5) is 38.7. The fourth-order valence-corrected chi connectivity index (χ4v) is 3.89. The van der Waals surface area contributed by atoms with E-state index in [1.54, 1.807) is 18.2 Å². The molecule has 0 amide bonds. The van der Waals surface area contributed by atoms with E-state index in [9.17, 15) is 14.4 Å². The third kappa shape index (κ3) is 8.88. The summed E-state index contributed by atoms with van der Waals surface area (Å²) in [5.41, 5.74) is 2.98. The zero-order valence-corrected chi connectivity index (χ0v) is 21.4. The Morgan fingerprint density at radius 3 is 2.16 bits per heavy atom. The summed E-state index contributed by atoms with van der Waals surface area (Å²) >= 11 is 0. The molecule has 0 bridgehead atoms. The highest BCUT2D eigenvalue weighted by molar-refractivity contribution is 6.00. The van der Waals surface area contributed by atoms with Gasteiger partial charge in [-0.15, -0.1) is 0 Å². The Balaban J connectivity index is 1.69. The van der Waals surface area contributed by atoms with Crippen LogP contribution in [0.4, 0.5) is 0 Å². The number of para-hydroxylation sites is 1. The molecule has 37 heavy (non-hydrogen) atoms. The largest absolute Gasteiger partial charge is 0.488 e. The first-order valence-corrected chi connectivity index (χ1v) is 12.3. The summed E-state index contributed by atoms with van der Waals surface area (Å²) in [5.74, 6) is -0.147. The molecule has 194 valence electrons. The number of carbonyl (C=O) groups is 3. The fourth-order valence-electron chi connectivity index (χ4n) is 3.89. The van der Waals surface area contributed by atoms with Gasteiger partial charge in [-0.25, -0.2) is 4.79 Å². The molecule has 0 aromatic heterocycles. The van der Waals surface area contributed by atoms with E-state index in [-0.39, 0.29) is 18.3 Å². The van der Waals surface area contributed by atoms with Crippen LogP contribution in [0.15, 0.2) is 78.9 Å². The van der Waals surface area contributed by atoms with Crippen molar-refractivity contribution in [3.63, 3.8) is 0 Å². The lowest BCUT2D eigenvalue weighted by Crippen LogP contribution is -2.31. The van der Waals surface area contributed by atoms with Crippen LogP contribution in [0.2, 0.25) is 0 Å². The maximum absolute atomic E-state index is 13.4. The van der Waals surface area contributed by atoms with Crippen LogP contribution in [-0.2, 0) is 27.4 Å². The number of Topliss-reactive ketones (excluding diaryl/α,β-unsaturated/α-hetero) is 1. The normalized spacial score (nSPS) is 10.7. The average molecular weight is 504 g/mol. The van der Waals surface area contributed by atoms with E-state index in [4.69, 9.17) is 14.2 Å². The Kier molecular flexibility index (Phi) is 10.9. The number of unbranched alkanes of at least 4 members (excludes halogenated alkanes) is 1. The van der Waals surface area contributed by atoms with Crippen LogP contribution in [0.3, 0.4) is 0 Å². The summed E-state index contributed by atoms with van der Waals surface area (Å²) in [6.07, 6.45) is 1.73. The first kappa shape index (κ1) is 27.6. The molecule has 0 heterocycles. The van der Waals surface area contributed by atoms with Crippen molar-refractivity contribution in [3.05, 3.63) is 101 Å². The standard InChI is InChI=1S/C30H33NO6/c1-35-29(33)14-8-9-19-31(20-23-15-17-25(18-16-23)30(34)36-2)21-27(32)26-12-6-7-13-28(26)37-22-24-10-4-3-5-11-24/h3-7,10-13,15-18H,8-9,14,19-22H2,1-2H3. The van der Waals surface area contributed by atoms with Crippen LogP contribution in [0.1, 0.15) is 51.1 Å². The number of esters is 2.